The standard InChI is InChI=1S/C20H11F3O3/c21-20(22,23)19-18(17(24)15-7-3-4-8-16(15)26-19)25-14-10-9-12-5-1-2-6-13(12)11-14/h1-11H. The first-order chi connectivity index (χ1) is 12.4. The summed E-state index contributed by atoms with van der Waals surface area (Å²) in [5.74, 6) is -2.20. The van der Waals surface area contributed by atoms with Crippen molar-refractivity contribution in [2.75, 3.05) is 0 Å². The van der Waals surface area contributed by atoms with Crippen LogP contribution in [0.25, 0.3) is 21.7 Å². The second-order valence-corrected chi connectivity index (χ2v) is 5.69. The lowest BCUT2D eigenvalue weighted by Gasteiger charge is -2.13. The van der Waals surface area contributed by atoms with E-state index < -0.39 is 23.1 Å². The molecule has 3 nitrogen and oxygen atoms in total. The minimum atomic E-state index is -4.87. The first-order valence-corrected chi connectivity index (χ1v) is 7.73. The Kier molecular flexibility index (Phi) is 3.68. The maximum atomic E-state index is 13.4. The Bertz CT molecular complexity index is 1180. The highest BCUT2D eigenvalue weighted by atomic mass is 19.4. The molecule has 4 rings (SSSR count). The number of ether oxygens (including phenoxy) is 1. The largest absolute Gasteiger partial charge is 0.453 e. The highest BCUT2D eigenvalue weighted by Gasteiger charge is 2.40. The van der Waals surface area contributed by atoms with E-state index in [2.05, 4.69) is 0 Å². The highest BCUT2D eigenvalue weighted by Crippen LogP contribution is 2.38. The molecule has 0 bridgehead atoms. The molecule has 0 aliphatic rings. The van der Waals surface area contributed by atoms with Gasteiger partial charge in [-0.1, -0.05) is 42.5 Å². The van der Waals surface area contributed by atoms with E-state index in [1.165, 1.54) is 24.3 Å². The monoisotopic (exact) mass is 356 g/mol. The Morgan fingerprint density at radius 3 is 2.31 bits per heavy atom. The predicted molar refractivity (Wildman–Crippen MR) is 91.5 cm³/mol. The van der Waals surface area contributed by atoms with Crippen LogP contribution in [0.1, 0.15) is 5.76 Å². The molecular weight excluding hydrogens is 345 g/mol. The number of benzene rings is 3. The number of alkyl halides is 3. The molecule has 0 N–H and O–H groups in total. The van der Waals surface area contributed by atoms with E-state index in [-0.39, 0.29) is 16.7 Å². The molecule has 0 amide bonds. The summed E-state index contributed by atoms with van der Waals surface area (Å²) in [7, 11) is 0. The van der Waals surface area contributed by atoms with Crippen LogP contribution in [0.2, 0.25) is 0 Å². The van der Waals surface area contributed by atoms with Gasteiger partial charge in [-0.2, -0.15) is 13.2 Å². The van der Waals surface area contributed by atoms with Crippen molar-refractivity contribution in [3.8, 4) is 11.5 Å². The SMILES string of the molecule is O=c1c(Oc2ccc3ccccc3c2)c(C(F)(F)F)oc2ccccc12. The van der Waals surface area contributed by atoms with E-state index in [0.29, 0.717) is 0 Å². The number of fused-ring (bicyclic) bond motifs is 2. The van der Waals surface area contributed by atoms with Crippen LogP contribution in [-0.2, 0) is 6.18 Å². The third kappa shape index (κ3) is 2.79. The van der Waals surface area contributed by atoms with Crippen LogP contribution < -0.4 is 10.2 Å². The molecule has 1 aromatic heterocycles. The molecule has 0 atom stereocenters. The van der Waals surface area contributed by atoms with Crippen molar-refractivity contribution in [3.05, 3.63) is 82.7 Å². The second kappa shape index (κ2) is 5.91. The van der Waals surface area contributed by atoms with Gasteiger partial charge in [0, 0.05) is 0 Å². The molecular formula is C20H11F3O3. The molecule has 130 valence electrons. The average molecular weight is 356 g/mol. The van der Waals surface area contributed by atoms with Gasteiger partial charge in [0.1, 0.15) is 11.3 Å². The lowest BCUT2D eigenvalue weighted by Crippen LogP contribution is -2.15. The zero-order chi connectivity index (χ0) is 18.3. The lowest BCUT2D eigenvalue weighted by atomic mass is 10.1. The molecule has 4 aromatic rings. The fourth-order valence-electron chi connectivity index (χ4n) is 2.75. The maximum absolute atomic E-state index is 13.4. The first kappa shape index (κ1) is 16.2. The van der Waals surface area contributed by atoms with Crippen LogP contribution in [0, 0.1) is 0 Å². The number of para-hydroxylation sites is 1. The van der Waals surface area contributed by atoms with Crippen LogP contribution in [0.5, 0.6) is 11.5 Å². The zero-order valence-corrected chi connectivity index (χ0v) is 13.2. The van der Waals surface area contributed by atoms with E-state index in [9.17, 15) is 18.0 Å². The van der Waals surface area contributed by atoms with E-state index >= 15 is 0 Å². The van der Waals surface area contributed by atoms with Gasteiger partial charge in [0.2, 0.25) is 11.2 Å². The molecule has 0 aliphatic carbocycles. The molecule has 0 saturated carbocycles. The van der Waals surface area contributed by atoms with E-state index in [0.717, 1.165) is 10.8 Å². The second-order valence-electron chi connectivity index (χ2n) is 5.69. The molecule has 0 saturated heterocycles. The first-order valence-electron chi connectivity index (χ1n) is 7.73. The third-order valence-corrected chi connectivity index (χ3v) is 3.95. The molecule has 0 aliphatic heterocycles. The number of hydrogen-bond donors (Lipinski definition) is 0. The van der Waals surface area contributed by atoms with Crippen molar-refractivity contribution < 1.29 is 22.3 Å². The minimum Gasteiger partial charge on any atom is -0.449 e. The number of rotatable bonds is 2. The van der Waals surface area contributed by atoms with Gasteiger partial charge >= 0.3 is 6.18 Å². The fraction of sp³-hybridized carbons (Fsp3) is 0.0500. The predicted octanol–water partition coefficient (Wildman–Crippen LogP) is 5.76. The lowest BCUT2D eigenvalue weighted by molar-refractivity contribution is -0.154. The van der Waals surface area contributed by atoms with Gasteiger partial charge in [-0.25, -0.2) is 0 Å². The Labute approximate surface area is 145 Å². The molecule has 0 unspecified atom stereocenters. The molecule has 3 aromatic carbocycles. The van der Waals surface area contributed by atoms with Gasteiger partial charge in [-0.15, -0.1) is 0 Å². The zero-order valence-electron chi connectivity index (χ0n) is 13.2. The van der Waals surface area contributed by atoms with Gasteiger partial charge in [-0.05, 0) is 35.0 Å². The van der Waals surface area contributed by atoms with Crippen molar-refractivity contribution in [3.63, 3.8) is 0 Å². The molecule has 26 heavy (non-hydrogen) atoms. The molecule has 0 spiro atoms. The van der Waals surface area contributed by atoms with E-state index in [4.69, 9.17) is 9.15 Å². The summed E-state index contributed by atoms with van der Waals surface area (Å²) < 4.78 is 50.5. The summed E-state index contributed by atoms with van der Waals surface area (Å²) in [5, 5.41) is 1.71. The highest BCUT2D eigenvalue weighted by molar-refractivity contribution is 5.84. The minimum absolute atomic E-state index is 0.0243. The van der Waals surface area contributed by atoms with Crippen LogP contribution in [0.4, 0.5) is 13.2 Å². The molecule has 1 heterocycles. The normalized spacial score (nSPS) is 11.8. The quantitative estimate of drug-likeness (QED) is 0.459. The molecule has 6 heteroatoms. The average Bonchev–Trinajstić information content (AvgIpc) is 2.63. The van der Waals surface area contributed by atoms with Crippen LogP contribution in [0.3, 0.4) is 0 Å². The molecule has 0 fully saturated rings. The topological polar surface area (TPSA) is 39.4 Å². The summed E-state index contributed by atoms with van der Waals surface area (Å²) in [6.07, 6.45) is -4.87. The summed E-state index contributed by atoms with van der Waals surface area (Å²) in [6.45, 7) is 0. The number of halogens is 3. The van der Waals surface area contributed by atoms with E-state index in [1.807, 2.05) is 12.1 Å². The number of hydrogen-bond acceptors (Lipinski definition) is 3. The van der Waals surface area contributed by atoms with Crippen LogP contribution in [0.15, 0.2) is 75.9 Å². The van der Waals surface area contributed by atoms with E-state index in [1.54, 1.807) is 30.3 Å². The summed E-state index contributed by atoms with van der Waals surface area (Å²) in [6, 6.07) is 17.9. The van der Waals surface area contributed by atoms with Gasteiger partial charge in [0.05, 0.1) is 5.39 Å². The van der Waals surface area contributed by atoms with Crippen molar-refractivity contribution >= 4 is 21.7 Å². The van der Waals surface area contributed by atoms with Gasteiger partial charge < -0.3 is 9.15 Å². The van der Waals surface area contributed by atoms with Crippen molar-refractivity contribution in [2.24, 2.45) is 0 Å². The van der Waals surface area contributed by atoms with Crippen LogP contribution in [-0.4, -0.2) is 0 Å². The maximum Gasteiger partial charge on any atom is 0.453 e. The van der Waals surface area contributed by atoms with Crippen molar-refractivity contribution in [1.82, 2.24) is 0 Å². The Morgan fingerprint density at radius 2 is 1.54 bits per heavy atom. The summed E-state index contributed by atoms with van der Waals surface area (Å²) in [4.78, 5) is 12.6. The summed E-state index contributed by atoms with van der Waals surface area (Å²) >= 11 is 0. The van der Waals surface area contributed by atoms with Crippen molar-refractivity contribution in [1.29, 1.82) is 0 Å². The third-order valence-electron chi connectivity index (χ3n) is 3.95. The van der Waals surface area contributed by atoms with Gasteiger partial charge in [0.25, 0.3) is 5.76 Å². The Hall–Kier alpha value is -3.28. The Morgan fingerprint density at radius 1 is 0.846 bits per heavy atom. The molecule has 0 radical (unpaired) electrons. The fourth-order valence-corrected chi connectivity index (χ4v) is 2.75. The van der Waals surface area contributed by atoms with Gasteiger partial charge in [-0.3, -0.25) is 4.79 Å². The Balaban J connectivity index is 1.91. The smallest absolute Gasteiger partial charge is 0.449 e. The summed E-state index contributed by atoms with van der Waals surface area (Å²) in [5.41, 5.74) is -1.01. The van der Waals surface area contributed by atoms with Crippen molar-refractivity contribution in [2.45, 2.75) is 6.18 Å². The van der Waals surface area contributed by atoms with Gasteiger partial charge in [0.15, 0.2) is 0 Å². The van der Waals surface area contributed by atoms with Crippen LogP contribution >= 0.6 is 0 Å².